The standard InChI is InChI=1S/C14H24N2O3/c1-4-19-13(17)11-16(2,3)10-9-15-14(18)12-7-5-6-8-12/h5-6,12H,4,7-11H2,1-3H3/p+1. The minimum atomic E-state index is -0.196. The molecule has 0 fully saturated rings. The molecule has 0 bridgehead atoms. The number of nitrogens with zero attached hydrogens (tertiary/aromatic N) is 1. The van der Waals surface area contributed by atoms with Gasteiger partial charge in [-0.15, -0.1) is 0 Å². The van der Waals surface area contributed by atoms with Crippen molar-refractivity contribution in [2.45, 2.75) is 19.8 Å². The van der Waals surface area contributed by atoms with Crippen LogP contribution in [-0.4, -0.2) is 56.7 Å². The smallest absolute Gasteiger partial charge is 0.361 e. The van der Waals surface area contributed by atoms with Crippen LogP contribution in [0.1, 0.15) is 19.8 Å². The molecule has 0 aliphatic heterocycles. The van der Waals surface area contributed by atoms with Gasteiger partial charge >= 0.3 is 5.97 Å². The largest absolute Gasteiger partial charge is 0.462 e. The number of amides is 1. The second-order valence-electron chi connectivity index (χ2n) is 5.55. The molecule has 0 heterocycles. The highest BCUT2D eigenvalue weighted by Crippen LogP contribution is 2.17. The molecule has 0 saturated carbocycles. The van der Waals surface area contributed by atoms with Crippen LogP contribution < -0.4 is 5.32 Å². The summed E-state index contributed by atoms with van der Waals surface area (Å²) in [5, 5.41) is 2.94. The Labute approximate surface area is 115 Å². The minimum absolute atomic E-state index is 0.0978. The van der Waals surface area contributed by atoms with Gasteiger partial charge in [-0.1, -0.05) is 12.2 Å². The molecular weight excluding hydrogens is 244 g/mol. The summed E-state index contributed by atoms with van der Waals surface area (Å²) in [5.41, 5.74) is 0. The second-order valence-corrected chi connectivity index (χ2v) is 5.55. The fourth-order valence-electron chi connectivity index (χ4n) is 2.09. The van der Waals surface area contributed by atoms with Crippen molar-refractivity contribution in [1.82, 2.24) is 5.32 Å². The van der Waals surface area contributed by atoms with Gasteiger partial charge in [0.15, 0.2) is 6.54 Å². The van der Waals surface area contributed by atoms with Crippen molar-refractivity contribution in [3.8, 4) is 0 Å². The van der Waals surface area contributed by atoms with Gasteiger partial charge in [0.25, 0.3) is 0 Å². The van der Waals surface area contributed by atoms with Gasteiger partial charge in [-0.25, -0.2) is 4.79 Å². The van der Waals surface area contributed by atoms with E-state index in [1.165, 1.54) is 0 Å². The van der Waals surface area contributed by atoms with E-state index in [1.807, 2.05) is 26.2 Å². The summed E-state index contributed by atoms with van der Waals surface area (Å²) in [6.07, 6.45) is 5.77. The van der Waals surface area contributed by atoms with Crippen molar-refractivity contribution in [1.29, 1.82) is 0 Å². The zero-order valence-electron chi connectivity index (χ0n) is 12.1. The van der Waals surface area contributed by atoms with Crippen molar-refractivity contribution in [2.24, 2.45) is 5.92 Å². The Morgan fingerprint density at radius 3 is 2.53 bits per heavy atom. The molecule has 0 saturated heterocycles. The number of carbonyl (C=O) groups excluding carboxylic acids is 2. The number of nitrogens with one attached hydrogen (secondary N) is 1. The molecule has 19 heavy (non-hydrogen) atoms. The van der Waals surface area contributed by atoms with E-state index in [9.17, 15) is 9.59 Å². The maximum atomic E-state index is 11.8. The zero-order chi connectivity index (χ0) is 14.3. The highest BCUT2D eigenvalue weighted by atomic mass is 16.5. The Bertz CT molecular complexity index is 343. The Morgan fingerprint density at radius 2 is 1.95 bits per heavy atom. The van der Waals surface area contributed by atoms with Gasteiger partial charge < -0.3 is 14.5 Å². The molecule has 1 rings (SSSR count). The second kappa shape index (κ2) is 7.28. The van der Waals surface area contributed by atoms with E-state index >= 15 is 0 Å². The van der Waals surface area contributed by atoms with Crippen molar-refractivity contribution in [3.63, 3.8) is 0 Å². The zero-order valence-corrected chi connectivity index (χ0v) is 12.1. The van der Waals surface area contributed by atoms with Gasteiger partial charge in [0.05, 0.1) is 33.8 Å². The van der Waals surface area contributed by atoms with Crippen LogP contribution in [0.2, 0.25) is 0 Å². The Kier molecular flexibility index (Phi) is 6.02. The Morgan fingerprint density at radius 1 is 1.32 bits per heavy atom. The lowest BCUT2D eigenvalue weighted by Crippen LogP contribution is -2.49. The number of quaternary nitrogens is 1. The molecule has 0 unspecified atom stereocenters. The number of carbonyl (C=O) groups is 2. The Hall–Kier alpha value is -1.36. The third kappa shape index (κ3) is 5.87. The highest BCUT2D eigenvalue weighted by Gasteiger charge is 2.23. The van der Waals surface area contributed by atoms with E-state index < -0.39 is 0 Å². The first kappa shape index (κ1) is 15.7. The van der Waals surface area contributed by atoms with Crippen molar-refractivity contribution in [2.75, 3.05) is 40.3 Å². The predicted molar refractivity (Wildman–Crippen MR) is 73.3 cm³/mol. The first-order chi connectivity index (χ1) is 8.94. The maximum Gasteiger partial charge on any atom is 0.361 e. The van der Waals surface area contributed by atoms with Gasteiger partial charge in [0.2, 0.25) is 5.91 Å². The highest BCUT2D eigenvalue weighted by molar-refractivity contribution is 5.79. The first-order valence-corrected chi connectivity index (χ1v) is 6.85. The number of hydrogen-bond donors (Lipinski definition) is 1. The number of allylic oxidation sites excluding steroid dienone is 2. The number of likely N-dealkylation sites (N-methyl/N-ethyl adjacent to an activating group) is 1. The molecule has 0 aromatic carbocycles. The van der Waals surface area contributed by atoms with Gasteiger partial charge in [-0.3, -0.25) is 4.79 Å². The normalized spacial score (nSPS) is 15.5. The maximum absolute atomic E-state index is 11.8. The van der Waals surface area contributed by atoms with Crippen LogP contribution in [0.15, 0.2) is 12.2 Å². The molecule has 1 aliphatic rings. The van der Waals surface area contributed by atoms with Crippen LogP contribution >= 0.6 is 0 Å². The molecule has 1 N–H and O–H groups in total. The average Bonchev–Trinajstić information content (AvgIpc) is 2.81. The van der Waals surface area contributed by atoms with Crippen LogP contribution in [-0.2, 0) is 14.3 Å². The van der Waals surface area contributed by atoms with Gasteiger partial charge in [-0.2, -0.15) is 0 Å². The Balaban J connectivity index is 2.23. The van der Waals surface area contributed by atoms with Crippen molar-refractivity contribution in [3.05, 3.63) is 12.2 Å². The topological polar surface area (TPSA) is 55.4 Å². The van der Waals surface area contributed by atoms with E-state index in [0.717, 1.165) is 12.8 Å². The molecule has 108 valence electrons. The van der Waals surface area contributed by atoms with E-state index in [-0.39, 0.29) is 17.8 Å². The number of rotatable bonds is 7. The van der Waals surface area contributed by atoms with Crippen LogP contribution in [0.25, 0.3) is 0 Å². The predicted octanol–water partition coefficient (Wildman–Crippen LogP) is 0.708. The number of hydrogen-bond acceptors (Lipinski definition) is 3. The molecule has 0 aromatic heterocycles. The third-order valence-electron chi connectivity index (χ3n) is 3.26. The molecule has 5 heteroatoms. The number of ether oxygens (including phenoxy) is 1. The van der Waals surface area contributed by atoms with Crippen molar-refractivity contribution < 1.29 is 18.8 Å². The fraction of sp³-hybridized carbons (Fsp3) is 0.714. The SMILES string of the molecule is CCOC(=O)C[N+](C)(C)CCNC(=O)C1CC=CC1. The molecule has 0 aromatic rings. The van der Waals surface area contributed by atoms with Crippen LogP contribution in [0, 0.1) is 5.92 Å². The fourth-order valence-corrected chi connectivity index (χ4v) is 2.09. The summed E-state index contributed by atoms with van der Waals surface area (Å²) < 4.78 is 5.45. The molecule has 5 nitrogen and oxygen atoms in total. The quantitative estimate of drug-likeness (QED) is 0.421. The number of esters is 1. The summed E-state index contributed by atoms with van der Waals surface area (Å²) in [5.74, 6) is 0.0145. The van der Waals surface area contributed by atoms with E-state index in [1.54, 1.807) is 6.92 Å². The molecule has 1 aliphatic carbocycles. The average molecular weight is 269 g/mol. The van der Waals surface area contributed by atoms with Crippen molar-refractivity contribution >= 4 is 11.9 Å². The van der Waals surface area contributed by atoms with Gasteiger partial charge in [0.1, 0.15) is 0 Å². The van der Waals surface area contributed by atoms with Crippen LogP contribution in [0.3, 0.4) is 0 Å². The lowest BCUT2D eigenvalue weighted by molar-refractivity contribution is -0.881. The van der Waals surface area contributed by atoms with Gasteiger partial charge in [0, 0.05) is 5.92 Å². The molecular formula is C14H25N2O3+. The summed E-state index contributed by atoms with van der Waals surface area (Å²) >= 11 is 0. The summed E-state index contributed by atoms with van der Waals surface area (Å²) in [4.78, 5) is 23.2. The van der Waals surface area contributed by atoms with Gasteiger partial charge in [-0.05, 0) is 19.8 Å². The summed E-state index contributed by atoms with van der Waals surface area (Å²) in [6.45, 7) is 3.83. The molecule has 0 atom stereocenters. The molecule has 0 radical (unpaired) electrons. The third-order valence-corrected chi connectivity index (χ3v) is 3.26. The van der Waals surface area contributed by atoms with E-state index in [2.05, 4.69) is 5.32 Å². The minimum Gasteiger partial charge on any atom is -0.462 e. The summed E-state index contributed by atoms with van der Waals surface area (Å²) in [6, 6.07) is 0. The lowest BCUT2D eigenvalue weighted by atomic mass is 10.1. The first-order valence-electron chi connectivity index (χ1n) is 6.85. The van der Waals surface area contributed by atoms with E-state index in [4.69, 9.17) is 4.74 Å². The van der Waals surface area contributed by atoms with Crippen LogP contribution in [0.5, 0.6) is 0 Å². The van der Waals surface area contributed by atoms with E-state index in [0.29, 0.717) is 30.7 Å². The summed E-state index contributed by atoms with van der Waals surface area (Å²) in [7, 11) is 3.92. The van der Waals surface area contributed by atoms with Crippen LogP contribution in [0.4, 0.5) is 0 Å². The molecule has 0 spiro atoms. The lowest BCUT2D eigenvalue weighted by Gasteiger charge is -2.28. The monoisotopic (exact) mass is 269 g/mol. The molecule has 1 amide bonds.